The molecule has 0 aromatic heterocycles. The van der Waals surface area contributed by atoms with Gasteiger partial charge in [0.1, 0.15) is 17.6 Å². The summed E-state index contributed by atoms with van der Waals surface area (Å²) >= 11 is 0. The molecular weight excluding hydrogens is 649 g/mol. The lowest BCUT2D eigenvalue weighted by atomic mass is 9.74. The zero-order valence-corrected chi connectivity index (χ0v) is 31.1. The Kier molecular flexibility index (Phi) is 13.7. The Labute approximate surface area is 289 Å². The number of ketones is 1. The summed E-state index contributed by atoms with van der Waals surface area (Å²) < 4.78 is 63.9. The van der Waals surface area contributed by atoms with Gasteiger partial charge in [0.2, 0.25) is 0 Å². The molecule has 0 aromatic carbocycles. The van der Waals surface area contributed by atoms with Gasteiger partial charge in [-0.05, 0) is 74.5 Å². The van der Waals surface area contributed by atoms with Crippen LogP contribution in [0.2, 0.25) is 0 Å². The second-order valence-electron chi connectivity index (χ2n) is 15.4. The molecule has 12 nitrogen and oxygen atoms in total. The number of hydrogen-bond acceptors (Lipinski definition) is 11. The van der Waals surface area contributed by atoms with Gasteiger partial charge in [-0.1, -0.05) is 13.8 Å². The van der Waals surface area contributed by atoms with E-state index in [0.29, 0.717) is 25.9 Å². The number of aliphatic hydroxyl groups is 1. The minimum absolute atomic E-state index is 0.0329. The van der Waals surface area contributed by atoms with Crippen molar-refractivity contribution in [3.05, 3.63) is 0 Å². The Hall–Kier alpha value is -1.88. The average molecular weight is 709 g/mol. The molecule has 15 heteroatoms. The summed E-state index contributed by atoms with van der Waals surface area (Å²) in [5, 5.41) is 11.3. The third-order valence-corrected chi connectivity index (χ3v) is 10.7. The van der Waals surface area contributed by atoms with E-state index < -0.39 is 65.4 Å². The van der Waals surface area contributed by atoms with E-state index in [1.54, 1.807) is 21.0 Å². The number of amides is 1. The molecule has 0 aromatic rings. The van der Waals surface area contributed by atoms with Gasteiger partial charge < -0.3 is 33.9 Å². The Morgan fingerprint density at radius 1 is 1.06 bits per heavy atom. The quantitative estimate of drug-likeness (QED) is 0.324. The van der Waals surface area contributed by atoms with E-state index in [-0.39, 0.29) is 50.3 Å². The molecule has 0 aliphatic carbocycles. The van der Waals surface area contributed by atoms with Crippen molar-refractivity contribution in [1.29, 1.82) is 0 Å². The summed E-state index contributed by atoms with van der Waals surface area (Å²) in [5.74, 6) is -3.87. The first kappa shape index (κ1) is 41.5. The number of methoxy groups -OCH3 is 1. The predicted molar refractivity (Wildman–Crippen MR) is 176 cm³/mol. The maximum absolute atomic E-state index is 14.3. The highest BCUT2D eigenvalue weighted by molar-refractivity contribution is 6.04. The standard InChI is InChI=1S/C34H59F3N4O8/c1-20-17-33(7,46-11)28(49-29-26(42)24(38(8)9)16-21(2)47-29)22(3)27(43)32(5,6)31(45)48-23(4)25(39(10)18-20)19-40-12-14-41(15-13-40)30(44)34(35,36)37/h20-26,28-29,42H,12-19H2,1-11H3/t20-,21-,22+,23+,24+,25+,26-,28-,29+,33-/m1/s1. The monoisotopic (exact) mass is 708 g/mol. The van der Waals surface area contributed by atoms with Crippen LogP contribution in [0, 0.1) is 17.3 Å². The van der Waals surface area contributed by atoms with Gasteiger partial charge in [0.15, 0.2) is 12.1 Å². The second-order valence-corrected chi connectivity index (χ2v) is 15.4. The zero-order chi connectivity index (χ0) is 37.2. The molecule has 3 aliphatic rings. The third kappa shape index (κ3) is 9.72. The van der Waals surface area contributed by atoms with E-state index in [2.05, 4.69) is 4.90 Å². The first-order valence-corrected chi connectivity index (χ1v) is 17.3. The van der Waals surface area contributed by atoms with Crippen molar-refractivity contribution in [3.63, 3.8) is 0 Å². The van der Waals surface area contributed by atoms with Gasteiger partial charge in [0.05, 0.1) is 23.9 Å². The summed E-state index contributed by atoms with van der Waals surface area (Å²) in [4.78, 5) is 46.6. The number of cyclic esters (lactones) is 1. The average Bonchev–Trinajstić information content (AvgIpc) is 3.01. The van der Waals surface area contributed by atoms with Crippen LogP contribution in [0.3, 0.4) is 0 Å². The summed E-state index contributed by atoms with van der Waals surface area (Å²) in [7, 11) is 7.21. The lowest BCUT2D eigenvalue weighted by Crippen LogP contribution is -2.59. The first-order chi connectivity index (χ1) is 22.5. The number of carbonyl (C=O) groups is 3. The molecule has 0 bridgehead atoms. The smallest absolute Gasteiger partial charge is 0.460 e. The van der Waals surface area contributed by atoms with Crippen molar-refractivity contribution in [1.82, 2.24) is 19.6 Å². The molecule has 3 heterocycles. The van der Waals surface area contributed by atoms with Gasteiger partial charge >= 0.3 is 18.1 Å². The number of Topliss-reactive ketones (excluding diaryl/α,β-unsaturated/α-hetero) is 1. The molecule has 49 heavy (non-hydrogen) atoms. The Balaban J connectivity index is 1.93. The van der Waals surface area contributed by atoms with Crippen LogP contribution >= 0.6 is 0 Å². The minimum atomic E-state index is -4.92. The number of carbonyl (C=O) groups excluding carboxylic acids is 3. The van der Waals surface area contributed by atoms with E-state index in [9.17, 15) is 32.7 Å². The molecule has 10 atom stereocenters. The van der Waals surface area contributed by atoms with Gasteiger partial charge in [-0.2, -0.15) is 13.2 Å². The maximum atomic E-state index is 14.3. The highest BCUT2D eigenvalue weighted by atomic mass is 19.4. The summed E-state index contributed by atoms with van der Waals surface area (Å²) in [6.45, 7) is 13.5. The highest BCUT2D eigenvalue weighted by Gasteiger charge is 2.52. The van der Waals surface area contributed by atoms with Crippen molar-refractivity contribution in [2.75, 3.05) is 67.5 Å². The molecule has 0 saturated carbocycles. The Bertz CT molecular complexity index is 1150. The molecule has 3 fully saturated rings. The molecule has 0 spiro atoms. The number of halogens is 3. The van der Waals surface area contributed by atoms with Crippen molar-refractivity contribution in [2.24, 2.45) is 17.3 Å². The second kappa shape index (κ2) is 16.2. The van der Waals surface area contributed by atoms with Crippen LogP contribution in [0.15, 0.2) is 0 Å². The molecule has 3 aliphatic heterocycles. The predicted octanol–water partition coefficient (Wildman–Crippen LogP) is 2.41. The number of hydrogen-bond donors (Lipinski definition) is 1. The van der Waals surface area contributed by atoms with Gasteiger partial charge in [-0.3, -0.25) is 24.2 Å². The van der Waals surface area contributed by atoms with Gasteiger partial charge in [0.25, 0.3) is 0 Å². The summed E-state index contributed by atoms with van der Waals surface area (Å²) in [6.07, 6.45) is -7.76. The number of esters is 1. The fraction of sp³-hybridized carbons (Fsp3) is 0.912. The lowest BCUT2D eigenvalue weighted by molar-refractivity contribution is -0.295. The maximum Gasteiger partial charge on any atom is 0.471 e. The van der Waals surface area contributed by atoms with Crippen LogP contribution in [-0.4, -0.2) is 164 Å². The number of piperazine rings is 1. The van der Waals surface area contributed by atoms with Crippen LogP contribution in [0.4, 0.5) is 13.2 Å². The van der Waals surface area contributed by atoms with E-state index in [0.717, 1.165) is 4.90 Å². The van der Waals surface area contributed by atoms with Crippen LogP contribution in [0.25, 0.3) is 0 Å². The molecule has 3 saturated heterocycles. The number of likely N-dealkylation sites (N-methyl/N-ethyl adjacent to an activating group) is 2. The number of alkyl halides is 3. The molecule has 3 rings (SSSR count). The number of rotatable bonds is 6. The fourth-order valence-corrected chi connectivity index (χ4v) is 7.71. The van der Waals surface area contributed by atoms with Crippen LogP contribution < -0.4 is 0 Å². The topological polar surface area (TPSA) is 121 Å². The number of aliphatic hydroxyl groups excluding tert-OH is 1. The molecule has 284 valence electrons. The Morgan fingerprint density at radius 2 is 1.65 bits per heavy atom. The molecule has 1 N–H and O–H groups in total. The van der Waals surface area contributed by atoms with Crippen LogP contribution in [0.1, 0.15) is 61.3 Å². The van der Waals surface area contributed by atoms with Crippen molar-refractivity contribution >= 4 is 17.7 Å². The molecule has 1 amide bonds. The number of ether oxygens (including phenoxy) is 4. The lowest BCUT2D eigenvalue weighted by Gasteiger charge is -2.47. The van der Waals surface area contributed by atoms with Gasteiger partial charge in [-0.25, -0.2) is 0 Å². The minimum Gasteiger partial charge on any atom is -0.460 e. The van der Waals surface area contributed by atoms with Crippen molar-refractivity contribution in [2.45, 2.75) is 116 Å². The van der Waals surface area contributed by atoms with Crippen LogP contribution in [-0.2, 0) is 33.3 Å². The van der Waals surface area contributed by atoms with Gasteiger partial charge in [0, 0.05) is 58.3 Å². The normalized spacial score (nSPS) is 38.0. The summed E-state index contributed by atoms with van der Waals surface area (Å²) in [6, 6.07) is -0.620. The third-order valence-electron chi connectivity index (χ3n) is 10.7. The van der Waals surface area contributed by atoms with Crippen LogP contribution in [0.5, 0.6) is 0 Å². The highest BCUT2D eigenvalue weighted by Crippen LogP contribution is 2.38. The van der Waals surface area contributed by atoms with E-state index >= 15 is 0 Å². The zero-order valence-electron chi connectivity index (χ0n) is 31.1. The first-order valence-electron chi connectivity index (χ1n) is 17.3. The molecule has 0 unspecified atom stereocenters. The fourth-order valence-electron chi connectivity index (χ4n) is 7.71. The largest absolute Gasteiger partial charge is 0.471 e. The van der Waals surface area contributed by atoms with Crippen molar-refractivity contribution < 1.29 is 51.6 Å². The van der Waals surface area contributed by atoms with Crippen molar-refractivity contribution in [3.8, 4) is 0 Å². The van der Waals surface area contributed by atoms with E-state index in [1.165, 1.54) is 13.8 Å². The number of nitrogens with zero attached hydrogens (tertiary/aromatic N) is 4. The van der Waals surface area contributed by atoms with Gasteiger partial charge in [-0.15, -0.1) is 0 Å². The summed E-state index contributed by atoms with van der Waals surface area (Å²) in [5.41, 5.74) is -2.63. The van der Waals surface area contributed by atoms with E-state index in [4.69, 9.17) is 18.9 Å². The van der Waals surface area contributed by atoms with E-state index in [1.807, 2.05) is 51.7 Å². The Morgan fingerprint density at radius 3 is 2.18 bits per heavy atom. The SMILES string of the molecule is CO[C@]1(C)C[C@@H](C)CN(C)[C@@H](CN2CCN(C(=O)C(F)(F)F)CC2)[C@H](C)OC(=O)C(C)(C)C(=O)[C@H](C)[C@H]1O[C@@H]1O[C@H](C)C[C@H](N(C)C)[C@H]1O. The molecule has 0 radical (unpaired) electrons. The molecular formula is C34H59F3N4O8.